The molecule has 4 nitrogen and oxygen atoms in total. The van der Waals surface area contributed by atoms with Gasteiger partial charge in [0.25, 0.3) is 0 Å². The number of rotatable bonds is 5. The quantitative estimate of drug-likeness (QED) is 0.467. The molecule has 100 valence electrons. The van der Waals surface area contributed by atoms with Gasteiger partial charge in [-0.3, -0.25) is 0 Å². The third-order valence-corrected chi connectivity index (χ3v) is 2.03. The lowest BCUT2D eigenvalue weighted by Crippen LogP contribution is -2.06. The predicted octanol–water partition coefficient (Wildman–Crippen LogP) is 2.76. The van der Waals surface area contributed by atoms with E-state index >= 15 is 0 Å². The van der Waals surface area contributed by atoms with E-state index in [1.54, 1.807) is 13.0 Å². The minimum atomic E-state index is -2.89. The smallest absolute Gasteiger partial charge is 0.387 e. The third kappa shape index (κ3) is 4.76. The molecule has 0 radical (unpaired) electrons. The first-order valence-corrected chi connectivity index (χ1v) is 5.40. The Labute approximate surface area is 108 Å². The van der Waals surface area contributed by atoms with Crippen LogP contribution >= 0.6 is 0 Å². The van der Waals surface area contributed by atoms with Crippen molar-refractivity contribution >= 4 is 12.0 Å². The van der Waals surface area contributed by atoms with E-state index in [0.717, 1.165) is 0 Å². The first-order chi connectivity index (χ1) is 9.06. The molecule has 0 aliphatic heterocycles. The molecule has 0 bridgehead atoms. The summed E-state index contributed by atoms with van der Waals surface area (Å²) in [6.07, 6.45) is 1.31. The summed E-state index contributed by atoms with van der Waals surface area (Å²) in [6.45, 7) is -1.10. The zero-order chi connectivity index (χ0) is 14.3. The van der Waals surface area contributed by atoms with Crippen LogP contribution in [-0.4, -0.2) is 19.2 Å². The molecule has 0 saturated heterocycles. The Morgan fingerprint density at radius 3 is 2.53 bits per heavy atom. The van der Waals surface area contributed by atoms with Crippen LogP contribution in [0.5, 0.6) is 5.75 Å². The van der Waals surface area contributed by atoms with Gasteiger partial charge in [0, 0.05) is 0 Å². The monoisotopic (exact) mass is 267 g/mol. The van der Waals surface area contributed by atoms with Crippen molar-refractivity contribution in [3.8, 4) is 11.8 Å². The molecule has 0 amide bonds. The van der Waals surface area contributed by atoms with Gasteiger partial charge in [-0.1, -0.05) is 12.1 Å². The predicted molar refractivity (Wildman–Crippen MR) is 63.3 cm³/mol. The molecule has 0 fully saturated rings. The molecule has 0 N–H and O–H groups in total. The van der Waals surface area contributed by atoms with Gasteiger partial charge in [0.15, 0.2) is 0 Å². The van der Waals surface area contributed by atoms with E-state index in [9.17, 15) is 13.6 Å². The van der Waals surface area contributed by atoms with Crippen molar-refractivity contribution in [3.63, 3.8) is 0 Å². The molecule has 0 saturated carbocycles. The molecule has 19 heavy (non-hydrogen) atoms. The van der Waals surface area contributed by atoms with E-state index < -0.39 is 12.6 Å². The topological polar surface area (TPSA) is 59.3 Å². The second-order valence-corrected chi connectivity index (χ2v) is 3.34. The molecule has 0 heterocycles. The normalized spacial score (nSPS) is 11.0. The average Bonchev–Trinajstić information content (AvgIpc) is 2.37. The maximum Gasteiger partial charge on any atom is 0.387 e. The Kier molecular flexibility index (Phi) is 5.48. The van der Waals surface area contributed by atoms with Crippen LogP contribution in [0.15, 0.2) is 29.8 Å². The Morgan fingerprint density at radius 2 is 2.05 bits per heavy atom. The number of nitrogens with zero attached hydrogens (tertiary/aromatic N) is 1. The van der Waals surface area contributed by atoms with Crippen molar-refractivity contribution in [1.29, 1.82) is 5.26 Å². The summed E-state index contributed by atoms with van der Waals surface area (Å²) < 4.78 is 32.7. The molecule has 0 aromatic heterocycles. The molecule has 0 unspecified atom stereocenters. The fourth-order valence-electron chi connectivity index (χ4n) is 1.26. The maximum absolute atomic E-state index is 11.9. The minimum Gasteiger partial charge on any atom is -0.462 e. The number of carbonyl (C=O) groups excluding carboxylic acids is 1. The second kappa shape index (κ2) is 7.11. The van der Waals surface area contributed by atoms with Crippen molar-refractivity contribution in [1.82, 2.24) is 0 Å². The second-order valence-electron chi connectivity index (χ2n) is 3.34. The Morgan fingerprint density at radius 1 is 1.42 bits per heavy atom. The van der Waals surface area contributed by atoms with Crippen LogP contribution in [0.3, 0.4) is 0 Å². The van der Waals surface area contributed by atoms with Crippen LogP contribution in [0.4, 0.5) is 8.78 Å². The van der Waals surface area contributed by atoms with Gasteiger partial charge in [0.05, 0.1) is 6.61 Å². The van der Waals surface area contributed by atoms with Crippen LogP contribution in [0, 0.1) is 11.3 Å². The van der Waals surface area contributed by atoms with Crippen molar-refractivity contribution in [2.75, 3.05) is 6.61 Å². The molecule has 1 rings (SSSR count). The molecule has 0 aliphatic carbocycles. The number of carbonyl (C=O) groups is 1. The Hall–Kier alpha value is -2.42. The van der Waals surface area contributed by atoms with Gasteiger partial charge in [-0.15, -0.1) is 0 Å². The maximum atomic E-state index is 11.9. The lowest BCUT2D eigenvalue weighted by Gasteiger charge is -2.04. The molecular weight excluding hydrogens is 256 g/mol. The average molecular weight is 267 g/mol. The molecular formula is C13H11F2NO3. The van der Waals surface area contributed by atoms with Gasteiger partial charge in [-0.05, 0) is 30.7 Å². The number of nitriles is 1. The lowest BCUT2D eigenvalue weighted by molar-refractivity contribution is -0.137. The zero-order valence-corrected chi connectivity index (χ0v) is 10.1. The summed E-state index contributed by atoms with van der Waals surface area (Å²) in [6, 6.07) is 7.26. The first kappa shape index (κ1) is 14.6. The fraction of sp³-hybridized carbons (Fsp3) is 0.231. The van der Waals surface area contributed by atoms with Gasteiger partial charge in [-0.25, -0.2) is 4.79 Å². The molecule has 0 atom stereocenters. The van der Waals surface area contributed by atoms with Crippen molar-refractivity contribution in [3.05, 3.63) is 35.4 Å². The SMILES string of the molecule is CCOC(=O)/C(C#N)=C\c1ccc(OC(F)F)cc1. The van der Waals surface area contributed by atoms with Gasteiger partial charge < -0.3 is 9.47 Å². The number of benzene rings is 1. The number of esters is 1. The highest BCUT2D eigenvalue weighted by Gasteiger charge is 2.09. The van der Waals surface area contributed by atoms with Crippen LogP contribution in [0.2, 0.25) is 0 Å². The van der Waals surface area contributed by atoms with E-state index in [-0.39, 0.29) is 17.9 Å². The molecule has 0 aliphatic rings. The van der Waals surface area contributed by atoms with Crippen molar-refractivity contribution in [2.24, 2.45) is 0 Å². The highest BCUT2D eigenvalue weighted by atomic mass is 19.3. The minimum absolute atomic E-state index is 0.00166. The van der Waals surface area contributed by atoms with Gasteiger partial charge in [-0.2, -0.15) is 14.0 Å². The number of ether oxygens (including phenoxy) is 2. The van der Waals surface area contributed by atoms with E-state index in [2.05, 4.69) is 9.47 Å². The Balaban J connectivity index is 2.85. The number of hydrogen-bond acceptors (Lipinski definition) is 4. The standard InChI is InChI=1S/C13H11F2NO3/c1-2-18-12(17)10(8-16)7-9-3-5-11(6-4-9)19-13(14)15/h3-7,13H,2H2,1H3/b10-7-. The van der Waals surface area contributed by atoms with E-state index in [1.807, 2.05) is 0 Å². The van der Waals surface area contributed by atoms with Gasteiger partial charge in [0.1, 0.15) is 17.4 Å². The summed E-state index contributed by atoms with van der Waals surface area (Å²) in [5, 5.41) is 8.81. The zero-order valence-electron chi connectivity index (χ0n) is 10.1. The van der Waals surface area contributed by atoms with Crippen LogP contribution in [-0.2, 0) is 9.53 Å². The van der Waals surface area contributed by atoms with Gasteiger partial charge in [0.2, 0.25) is 0 Å². The number of alkyl halides is 2. The molecule has 1 aromatic carbocycles. The van der Waals surface area contributed by atoms with E-state index in [0.29, 0.717) is 5.56 Å². The highest BCUT2D eigenvalue weighted by Crippen LogP contribution is 2.16. The van der Waals surface area contributed by atoms with Crippen molar-refractivity contribution < 1.29 is 23.0 Å². The molecule has 0 spiro atoms. The third-order valence-electron chi connectivity index (χ3n) is 2.03. The van der Waals surface area contributed by atoms with E-state index in [1.165, 1.54) is 30.3 Å². The van der Waals surface area contributed by atoms with Crippen molar-refractivity contribution in [2.45, 2.75) is 13.5 Å². The largest absolute Gasteiger partial charge is 0.462 e. The lowest BCUT2D eigenvalue weighted by atomic mass is 10.1. The molecule has 6 heteroatoms. The summed E-state index contributed by atoms with van der Waals surface area (Å²) in [4.78, 5) is 11.4. The van der Waals surface area contributed by atoms with Crippen LogP contribution in [0.1, 0.15) is 12.5 Å². The first-order valence-electron chi connectivity index (χ1n) is 5.40. The summed E-state index contributed by atoms with van der Waals surface area (Å²) in [5.74, 6) is -0.723. The fourth-order valence-corrected chi connectivity index (χ4v) is 1.26. The number of hydrogen-bond donors (Lipinski definition) is 0. The summed E-state index contributed by atoms with van der Waals surface area (Å²) >= 11 is 0. The summed E-state index contributed by atoms with van der Waals surface area (Å²) in [7, 11) is 0. The van der Waals surface area contributed by atoms with Crippen LogP contribution in [0.25, 0.3) is 6.08 Å². The van der Waals surface area contributed by atoms with Gasteiger partial charge >= 0.3 is 12.6 Å². The Bertz CT molecular complexity index is 504. The van der Waals surface area contributed by atoms with Crippen LogP contribution < -0.4 is 4.74 Å². The molecule has 1 aromatic rings. The summed E-state index contributed by atoms with van der Waals surface area (Å²) in [5.41, 5.74) is 0.343. The highest BCUT2D eigenvalue weighted by molar-refractivity contribution is 5.97. The number of halogens is 2. The van der Waals surface area contributed by atoms with E-state index in [4.69, 9.17) is 5.26 Å².